The largest absolute Gasteiger partial charge is 0.366 e. The Bertz CT molecular complexity index is 303. The van der Waals surface area contributed by atoms with Gasteiger partial charge in [-0.3, -0.25) is 4.98 Å². The molecule has 1 fully saturated rings. The fourth-order valence-electron chi connectivity index (χ4n) is 2.17. The molecule has 1 aromatic rings. The van der Waals surface area contributed by atoms with Gasteiger partial charge in [-0.05, 0) is 19.8 Å². The maximum atomic E-state index is 4.33. The van der Waals surface area contributed by atoms with Gasteiger partial charge in [0.2, 0.25) is 0 Å². The van der Waals surface area contributed by atoms with Crippen molar-refractivity contribution in [3.8, 4) is 0 Å². The zero-order valence-electron chi connectivity index (χ0n) is 9.37. The van der Waals surface area contributed by atoms with Crippen molar-refractivity contribution in [3.63, 3.8) is 0 Å². The van der Waals surface area contributed by atoms with Gasteiger partial charge in [0, 0.05) is 18.4 Å². The van der Waals surface area contributed by atoms with Gasteiger partial charge < -0.3 is 5.32 Å². The average Bonchev–Trinajstić information content (AvgIpc) is 2.50. The molecule has 0 bridgehead atoms. The maximum absolute atomic E-state index is 4.33. The lowest BCUT2D eigenvalue weighted by Gasteiger charge is -2.17. The second-order valence-corrected chi connectivity index (χ2v) is 4.32. The van der Waals surface area contributed by atoms with E-state index in [0.29, 0.717) is 6.04 Å². The maximum Gasteiger partial charge on any atom is 0.147 e. The van der Waals surface area contributed by atoms with Gasteiger partial charge in [0.25, 0.3) is 0 Å². The number of aromatic nitrogens is 2. The second-order valence-electron chi connectivity index (χ2n) is 4.32. The molecule has 1 heterocycles. The van der Waals surface area contributed by atoms with Crippen LogP contribution in [0.2, 0.25) is 0 Å². The van der Waals surface area contributed by atoms with E-state index in [1.165, 1.54) is 38.5 Å². The van der Waals surface area contributed by atoms with Crippen LogP contribution in [0.15, 0.2) is 12.4 Å². The summed E-state index contributed by atoms with van der Waals surface area (Å²) in [6, 6.07) is 0.600. The topological polar surface area (TPSA) is 37.8 Å². The highest BCUT2D eigenvalue weighted by Gasteiger charge is 2.13. The van der Waals surface area contributed by atoms with Gasteiger partial charge >= 0.3 is 0 Å². The standard InChI is InChI=1S/C12H19N3/c1-10-12(14-9-8-13-10)15-11-6-4-2-3-5-7-11/h8-9,11H,2-7H2,1H3,(H,14,15). The number of nitrogens with one attached hydrogen (secondary N) is 1. The molecule has 1 aliphatic rings. The van der Waals surface area contributed by atoms with E-state index in [-0.39, 0.29) is 0 Å². The Morgan fingerprint density at radius 3 is 2.40 bits per heavy atom. The van der Waals surface area contributed by atoms with E-state index in [1.54, 1.807) is 12.4 Å². The first-order valence-electron chi connectivity index (χ1n) is 5.90. The third-order valence-corrected chi connectivity index (χ3v) is 3.08. The highest BCUT2D eigenvalue weighted by molar-refractivity contribution is 5.39. The summed E-state index contributed by atoms with van der Waals surface area (Å²) < 4.78 is 0. The molecule has 0 aromatic carbocycles. The molecule has 0 saturated heterocycles. The molecule has 0 radical (unpaired) electrons. The molecule has 3 nitrogen and oxygen atoms in total. The molecule has 15 heavy (non-hydrogen) atoms. The van der Waals surface area contributed by atoms with Crippen molar-refractivity contribution < 1.29 is 0 Å². The second kappa shape index (κ2) is 5.10. The number of anilines is 1. The Morgan fingerprint density at radius 2 is 1.73 bits per heavy atom. The molecule has 82 valence electrons. The number of hydrogen-bond donors (Lipinski definition) is 1. The van der Waals surface area contributed by atoms with E-state index < -0.39 is 0 Å². The first kappa shape index (κ1) is 10.4. The molecule has 0 amide bonds. The van der Waals surface area contributed by atoms with E-state index in [4.69, 9.17) is 0 Å². The average molecular weight is 205 g/mol. The first-order chi connectivity index (χ1) is 7.36. The molecule has 1 N–H and O–H groups in total. The third kappa shape index (κ3) is 2.91. The summed E-state index contributed by atoms with van der Waals surface area (Å²) in [5.41, 5.74) is 1.00. The van der Waals surface area contributed by atoms with Crippen LogP contribution in [-0.4, -0.2) is 16.0 Å². The summed E-state index contributed by atoms with van der Waals surface area (Å²) in [7, 11) is 0. The number of rotatable bonds is 2. The highest BCUT2D eigenvalue weighted by Crippen LogP contribution is 2.20. The monoisotopic (exact) mass is 205 g/mol. The normalized spacial score (nSPS) is 18.5. The molecule has 1 aromatic heterocycles. The van der Waals surface area contributed by atoms with Crippen molar-refractivity contribution in [3.05, 3.63) is 18.1 Å². The summed E-state index contributed by atoms with van der Waals surface area (Å²) in [5, 5.41) is 3.52. The molecular formula is C12H19N3. The van der Waals surface area contributed by atoms with Gasteiger partial charge in [-0.2, -0.15) is 0 Å². The Balaban J connectivity index is 1.98. The van der Waals surface area contributed by atoms with Gasteiger partial charge in [-0.15, -0.1) is 0 Å². The number of nitrogens with zero attached hydrogens (tertiary/aromatic N) is 2. The van der Waals surface area contributed by atoms with Gasteiger partial charge in [0.15, 0.2) is 0 Å². The Morgan fingerprint density at radius 1 is 1.07 bits per heavy atom. The lowest BCUT2D eigenvalue weighted by atomic mass is 10.1. The fraction of sp³-hybridized carbons (Fsp3) is 0.667. The van der Waals surface area contributed by atoms with Crippen LogP contribution in [0.1, 0.15) is 44.2 Å². The SMILES string of the molecule is Cc1nccnc1NC1CCCCCC1. The van der Waals surface area contributed by atoms with Crippen LogP contribution in [0.4, 0.5) is 5.82 Å². The lowest BCUT2D eigenvalue weighted by molar-refractivity contribution is 0.616. The van der Waals surface area contributed by atoms with E-state index in [9.17, 15) is 0 Å². The van der Waals surface area contributed by atoms with E-state index in [0.717, 1.165) is 11.5 Å². The third-order valence-electron chi connectivity index (χ3n) is 3.08. The van der Waals surface area contributed by atoms with Crippen molar-refractivity contribution in [2.75, 3.05) is 5.32 Å². The van der Waals surface area contributed by atoms with Gasteiger partial charge in [-0.25, -0.2) is 4.98 Å². The zero-order valence-corrected chi connectivity index (χ0v) is 9.37. The van der Waals surface area contributed by atoms with E-state index in [1.807, 2.05) is 6.92 Å². The summed E-state index contributed by atoms with van der Waals surface area (Å²) >= 11 is 0. The van der Waals surface area contributed by atoms with Crippen molar-refractivity contribution in [1.29, 1.82) is 0 Å². The molecule has 2 rings (SSSR count). The Labute approximate surface area is 91.3 Å². The lowest BCUT2D eigenvalue weighted by Crippen LogP contribution is -2.19. The van der Waals surface area contributed by atoms with Gasteiger partial charge in [0.05, 0.1) is 5.69 Å². The summed E-state index contributed by atoms with van der Waals surface area (Å²) in [6.45, 7) is 2.01. The molecule has 1 saturated carbocycles. The Kier molecular flexibility index (Phi) is 3.54. The van der Waals surface area contributed by atoms with Crippen molar-refractivity contribution in [2.24, 2.45) is 0 Å². The number of aryl methyl sites for hydroxylation is 1. The summed E-state index contributed by atoms with van der Waals surface area (Å²) in [5.74, 6) is 0.962. The summed E-state index contributed by atoms with van der Waals surface area (Å²) in [4.78, 5) is 8.57. The highest BCUT2D eigenvalue weighted by atomic mass is 15.0. The van der Waals surface area contributed by atoms with Gasteiger partial charge in [-0.1, -0.05) is 25.7 Å². The van der Waals surface area contributed by atoms with Crippen molar-refractivity contribution in [2.45, 2.75) is 51.5 Å². The van der Waals surface area contributed by atoms with Crippen LogP contribution < -0.4 is 5.32 Å². The molecular weight excluding hydrogens is 186 g/mol. The predicted octanol–water partition coefficient (Wildman–Crippen LogP) is 2.92. The molecule has 3 heteroatoms. The van der Waals surface area contributed by atoms with Crippen LogP contribution in [-0.2, 0) is 0 Å². The molecule has 0 aliphatic heterocycles. The first-order valence-corrected chi connectivity index (χ1v) is 5.90. The fourth-order valence-corrected chi connectivity index (χ4v) is 2.17. The smallest absolute Gasteiger partial charge is 0.147 e. The zero-order chi connectivity index (χ0) is 10.5. The quantitative estimate of drug-likeness (QED) is 0.754. The molecule has 1 aliphatic carbocycles. The van der Waals surface area contributed by atoms with Crippen LogP contribution in [0, 0.1) is 6.92 Å². The van der Waals surface area contributed by atoms with Crippen LogP contribution in [0.25, 0.3) is 0 Å². The van der Waals surface area contributed by atoms with E-state index >= 15 is 0 Å². The predicted molar refractivity (Wildman–Crippen MR) is 61.9 cm³/mol. The number of hydrogen-bond acceptors (Lipinski definition) is 3. The van der Waals surface area contributed by atoms with Gasteiger partial charge in [0.1, 0.15) is 5.82 Å². The van der Waals surface area contributed by atoms with Crippen molar-refractivity contribution in [1.82, 2.24) is 9.97 Å². The molecule has 0 unspecified atom stereocenters. The minimum atomic E-state index is 0.600. The Hall–Kier alpha value is -1.12. The van der Waals surface area contributed by atoms with Crippen LogP contribution in [0.3, 0.4) is 0 Å². The molecule has 0 atom stereocenters. The van der Waals surface area contributed by atoms with Crippen LogP contribution in [0.5, 0.6) is 0 Å². The van der Waals surface area contributed by atoms with E-state index in [2.05, 4.69) is 15.3 Å². The minimum Gasteiger partial charge on any atom is -0.366 e. The van der Waals surface area contributed by atoms with Crippen molar-refractivity contribution >= 4 is 5.82 Å². The summed E-state index contributed by atoms with van der Waals surface area (Å²) in [6.07, 6.45) is 11.5. The van der Waals surface area contributed by atoms with Crippen LogP contribution >= 0.6 is 0 Å². The molecule has 0 spiro atoms. The minimum absolute atomic E-state index is 0.600.